The van der Waals surface area contributed by atoms with Crippen LogP contribution in [0.3, 0.4) is 0 Å². The molecule has 0 spiro atoms. The van der Waals surface area contributed by atoms with Gasteiger partial charge in [0.1, 0.15) is 0 Å². The zero-order chi connectivity index (χ0) is 14.6. The van der Waals surface area contributed by atoms with Crippen molar-refractivity contribution >= 4 is 5.91 Å². The summed E-state index contributed by atoms with van der Waals surface area (Å²) in [5.41, 5.74) is 0.594. The van der Waals surface area contributed by atoms with Gasteiger partial charge in [0.25, 0.3) is 0 Å². The molecule has 1 amide bonds. The molecule has 2 rings (SSSR count). The van der Waals surface area contributed by atoms with E-state index in [0.717, 1.165) is 5.56 Å². The van der Waals surface area contributed by atoms with Crippen LogP contribution in [-0.2, 0) is 20.7 Å². The van der Waals surface area contributed by atoms with Gasteiger partial charge in [-0.05, 0) is 25.5 Å². The van der Waals surface area contributed by atoms with Gasteiger partial charge in [-0.3, -0.25) is 9.78 Å². The first-order chi connectivity index (χ1) is 9.50. The van der Waals surface area contributed by atoms with E-state index < -0.39 is 0 Å². The molecular weight excluding hydrogens is 256 g/mol. The molecule has 2 heterocycles. The summed E-state index contributed by atoms with van der Waals surface area (Å²) < 4.78 is 11.1. The Kier molecular flexibility index (Phi) is 4.73. The lowest BCUT2D eigenvalue weighted by molar-refractivity contribution is -0.168. The Hall–Kier alpha value is -1.46. The van der Waals surface area contributed by atoms with Crippen molar-refractivity contribution in [2.24, 2.45) is 0 Å². The molecular formula is C15H22N2O3. The third-order valence-electron chi connectivity index (χ3n) is 3.26. The summed E-state index contributed by atoms with van der Waals surface area (Å²) in [5.74, 6) is 0.107. The van der Waals surface area contributed by atoms with E-state index in [9.17, 15) is 4.79 Å². The molecule has 5 nitrogen and oxygen atoms in total. The molecule has 5 heteroatoms. The zero-order valence-electron chi connectivity index (χ0n) is 12.3. The Bertz CT molecular complexity index is 448. The molecule has 1 aliphatic heterocycles. The average molecular weight is 278 g/mol. The largest absolute Gasteiger partial charge is 0.382 e. The van der Waals surface area contributed by atoms with Gasteiger partial charge in [-0.1, -0.05) is 6.07 Å². The predicted molar refractivity (Wildman–Crippen MR) is 75.3 cm³/mol. The van der Waals surface area contributed by atoms with Gasteiger partial charge in [0.05, 0.1) is 24.7 Å². The van der Waals surface area contributed by atoms with Crippen LogP contribution in [0.25, 0.3) is 0 Å². The smallest absolute Gasteiger partial charge is 0.227 e. The fourth-order valence-electron chi connectivity index (χ4n) is 2.55. The SMILES string of the molecule is COC[C@H]1CN(C(=O)Cc2cccnc2)CC(C)(C)O1. The Morgan fingerprint density at radius 2 is 2.40 bits per heavy atom. The van der Waals surface area contributed by atoms with Crippen molar-refractivity contribution < 1.29 is 14.3 Å². The number of hydrogen-bond acceptors (Lipinski definition) is 4. The standard InChI is InChI=1S/C15H22N2O3/c1-15(2)11-17(9-13(20-15)10-19-3)14(18)7-12-5-4-6-16-8-12/h4-6,8,13H,7,9-11H2,1-3H3/t13-/m1/s1. The van der Waals surface area contributed by atoms with E-state index in [-0.39, 0.29) is 17.6 Å². The second-order valence-electron chi connectivity index (χ2n) is 5.77. The quantitative estimate of drug-likeness (QED) is 0.832. The van der Waals surface area contributed by atoms with Crippen LogP contribution in [0.5, 0.6) is 0 Å². The van der Waals surface area contributed by atoms with Gasteiger partial charge in [0, 0.05) is 32.6 Å². The van der Waals surface area contributed by atoms with Crippen LogP contribution < -0.4 is 0 Å². The van der Waals surface area contributed by atoms with Crippen molar-refractivity contribution in [1.29, 1.82) is 0 Å². The van der Waals surface area contributed by atoms with Crippen LogP contribution in [0.15, 0.2) is 24.5 Å². The van der Waals surface area contributed by atoms with E-state index in [1.807, 2.05) is 30.9 Å². The highest BCUT2D eigenvalue weighted by atomic mass is 16.5. The van der Waals surface area contributed by atoms with E-state index in [4.69, 9.17) is 9.47 Å². The average Bonchev–Trinajstić information content (AvgIpc) is 2.38. The molecule has 0 saturated carbocycles. The fraction of sp³-hybridized carbons (Fsp3) is 0.600. The number of carbonyl (C=O) groups is 1. The summed E-state index contributed by atoms with van der Waals surface area (Å²) in [7, 11) is 1.65. The molecule has 0 aromatic carbocycles. The summed E-state index contributed by atoms with van der Waals surface area (Å²) in [4.78, 5) is 18.3. The minimum Gasteiger partial charge on any atom is -0.382 e. The van der Waals surface area contributed by atoms with Crippen molar-refractivity contribution in [1.82, 2.24) is 9.88 Å². The maximum Gasteiger partial charge on any atom is 0.227 e. The number of rotatable bonds is 4. The molecule has 1 aromatic rings. The van der Waals surface area contributed by atoms with E-state index in [1.165, 1.54) is 0 Å². The van der Waals surface area contributed by atoms with E-state index in [2.05, 4.69) is 4.98 Å². The normalized spacial score (nSPS) is 21.8. The summed E-state index contributed by atoms with van der Waals surface area (Å²) >= 11 is 0. The van der Waals surface area contributed by atoms with Gasteiger partial charge in [-0.2, -0.15) is 0 Å². The number of ether oxygens (including phenoxy) is 2. The van der Waals surface area contributed by atoms with Crippen LogP contribution in [0, 0.1) is 0 Å². The first-order valence-corrected chi connectivity index (χ1v) is 6.83. The summed E-state index contributed by atoms with van der Waals surface area (Å²) in [6.07, 6.45) is 3.75. The van der Waals surface area contributed by atoms with Crippen molar-refractivity contribution in [2.75, 3.05) is 26.8 Å². The molecule has 110 valence electrons. The van der Waals surface area contributed by atoms with Crippen LogP contribution in [0.1, 0.15) is 19.4 Å². The van der Waals surface area contributed by atoms with Crippen LogP contribution >= 0.6 is 0 Å². The lowest BCUT2D eigenvalue weighted by Gasteiger charge is -2.42. The first kappa shape index (κ1) is 14.9. The zero-order valence-corrected chi connectivity index (χ0v) is 12.3. The first-order valence-electron chi connectivity index (χ1n) is 6.83. The highest BCUT2D eigenvalue weighted by Gasteiger charge is 2.35. The molecule has 0 N–H and O–H groups in total. The van der Waals surface area contributed by atoms with E-state index in [0.29, 0.717) is 26.1 Å². The molecule has 1 fully saturated rings. The molecule has 0 unspecified atom stereocenters. The molecule has 1 aliphatic rings. The van der Waals surface area contributed by atoms with Gasteiger partial charge in [0.2, 0.25) is 5.91 Å². The van der Waals surface area contributed by atoms with Crippen LogP contribution in [-0.4, -0.2) is 54.3 Å². The number of methoxy groups -OCH3 is 1. The summed E-state index contributed by atoms with van der Waals surface area (Å²) in [6.45, 7) is 5.68. The van der Waals surface area contributed by atoms with E-state index in [1.54, 1.807) is 19.5 Å². The summed E-state index contributed by atoms with van der Waals surface area (Å²) in [6, 6.07) is 3.77. The highest BCUT2D eigenvalue weighted by molar-refractivity contribution is 5.78. The monoisotopic (exact) mass is 278 g/mol. The Morgan fingerprint density at radius 1 is 1.60 bits per heavy atom. The molecule has 0 aliphatic carbocycles. The molecule has 1 aromatic heterocycles. The van der Waals surface area contributed by atoms with Crippen molar-refractivity contribution in [2.45, 2.75) is 32.0 Å². The second-order valence-corrected chi connectivity index (χ2v) is 5.77. The van der Waals surface area contributed by atoms with Crippen LogP contribution in [0.2, 0.25) is 0 Å². The van der Waals surface area contributed by atoms with Gasteiger partial charge < -0.3 is 14.4 Å². The number of pyridine rings is 1. The van der Waals surface area contributed by atoms with Gasteiger partial charge in [-0.15, -0.1) is 0 Å². The summed E-state index contributed by atoms with van der Waals surface area (Å²) in [5, 5.41) is 0. The fourth-order valence-corrected chi connectivity index (χ4v) is 2.55. The predicted octanol–water partition coefficient (Wildman–Crippen LogP) is 1.28. The van der Waals surface area contributed by atoms with Crippen molar-refractivity contribution in [3.05, 3.63) is 30.1 Å². The Labute approximate surface area is 119 Å². The topological polar surface area (TPSA) is 51.7 Å². The molecule has 20 heavy (non-hydrogen) atoms. The number of carbonyl (C=O) groups excluding carboxylic acids is 1. The Balaban J connectivity index is 2.01. The third kappa shape index (κ3) is 4.02. The maximum absolute atomic E-state index is 12.4. The Morgan fingerprint density at radius 3 is 3.05 bits per heavy atom. The van der Waals surface area contributed by atoms with Crippen molar-refractivity contribution in [3.63, 3.8) is 0 Å². The molecule has 1 saturated heterocycles. The maximum atomic E-state index is 12.4. The lowest BCUT2D eigenvalue weighted by atomic mass is 10.0. The third-order valence-corrected chi connectivity index (χ3v) is 3.26. The van der Waals surface area contributed by atoms with Crippen LogP contribution in [0.4, 0.5) is 0 Å². The second kappa shape index (κ2) is 6.33. The minimum atomic E-state index is -0.341. The number of nitrogens with zero attached hydrogens (tertiary/aromatic N) is 2. The number of morpholine rings is 1. The van der Waals surface area contributed by atoms with Crippen molar-refractivity contribution in [3.8, 4) is 0 Å². The minimum absolute atomic E-state index is 0.0680. The van der Waals surface area contributed by atoms with Gasteiger partial charge >= 0.3 is 0 Å². The number of hydrogen-bond donors (Lipinski definition) is 0. The molecule has 0 bridgehead atoms. The lowest BCUT2D eigenvalue weighted by Crippen LogP contribution is -2.56. The highest BCUT2D eigenvalue weighted by Crippen LogP contribution is 2.21. The number of amides is 1. The molecule has 0 radical (unpaired) electrons. The van der Waals surface area contributed by atoms with E-state index >= 15 is 0 Å². The number of aromatic nitrogens is 1. The van der Waals surface area contributed by atoms with Gasteiger partial charge in [0.15, 0.2) is 0 Å². The van der Waals surface area contributed by atoms with Gasteiger partial charge in [-0.25, -0.2) is 0 Å². The molecule has 1 atom stereocenters.